The molecule has 0 radical (unpaired) electrons. The van der Waals surface area contributed by atoms with Crippen LogP contribution in [0, 0.1) is 0 Å². The maximum atomic E-state index is 4.22. The van der Waals surface area contributed by atoms with Gasteiger partial charge in [0.2, 0.25) is 0 Å². The van der Waals surface area contributed by atoms with E-state index in [-0.39, 0.29) is 0 Å². The summed E-state index contributed by atoms with van der Waals surface area (Å²) in [5.74, 6) is 0.925. The molecule has 3 fully saturated rings. The minimum atomic E-state index is 0.788. The molecule has 2 nitrogen and oxygen atoms in total. The number of hydrogen-bond acceptors (Lipinski definition) is 3. The van der Waals surface area contributed by atoms with Crippen molar-refractivity contribution < 1.29 is 0 Å². The van der Waals surface area contributed by atoms with Gasteiger partial charge in [0.15, 0.2) is 0 Å². The first kappa shape index (κ1) is 6.01. The highest BCUT2D eigenvalue weighted by Crippen LogP contribution is 2.20. The Balaban J connectivity index is 1.89. The van der Waals surface area contributed by atoms with Crippen LogP contribution in [0.25, 0.3) is 0 Å². The molecule has 3 rings (SSSR count). The highest BCUT2D eigenvalue weighted by atomic mass is 32.1. The van der Waals surface area contributed by atoms with Gasteiger partial charge in [-0.25, -0.2) is 0 Å². The SMILES string of the molecule is SCN1CC2CC(C1)N2. The number of fused-ring (bicyclic) bond motifs is 2. The van der Waals surface area contributed by atoms with Crippen LogP contribution in [-0.4, -0.2) is 35.9 Å². The third-order valence-corrected chi connectivity index (χ3v) is 2.60. The van der Waals surface area contributed by atoms with E-state index >= 15 is 0 Å². The van der Waals surface area contributed by atoms with Gasteiger partial charge in [0.1, 0.15) is 0 Å². The molecule has 52 valence electrons. The molecule has 9 heavy (non-hydrogen) atoms. The third-order valence-electron chi connectivity index (χ3n) is 2.20. The van der Waals surface area contributed by atoms with E-state index in [1.54, 1.807) is 0 Å². The van der Waals surface area contributed by atoms with Crippen molar-refractivity contribution in [3.8, 4) is 0 Å². The predicted molar refractivity (Wildman–Crippen MR) is 40.8 cm³/mol. The minimum absolute atomic E-state index is 0.788. The molecule has 3 aliphatic rings. The zero-order valence-electron chi connectivity index (χ0n) is 5.38. The van der Waals surface area contributed by atoms with E-state index in [4.69, 9.17) is 0 Å². The molecule has 0 aliphatic carbocycles. The predicted octanol–water partition coefficient (Wildman–Crippen LogP) is -0.0802. The summed E-state index contributed by atoms with van der Waals surface area (Å²) in [6.07, 6.45) is 1.39. The van der Waals surface area contributed by atoms with E-state index < -0.39 is 0 Å². The Morgan fingerprint density at radius 1 is 1.44 bits per heavy atom. The summed E-state index contributed by atoms with van der Waals surface area (Å²) in [6.45, 7) is 2.42. The third kappa shape index (κ3) is 0.974. The normalized spacial score (nSPS) is 42.3. The molecule has 1 N–H and O–H groups in total. The van der Waals surface area contributed by atoms with E-state index in [1.807, 2.05) is 0 Å². The average molecular weight is 144 g/mol. The average Bonchev–Trinajstić information content (AvgIpc) is 1.87. The lowest BCUT2D eigenvalue weighted by atomic mass is 9.92. The second-order valence-corrected chi connectivity index (χ2v) is 3.26. The van der Waals surface area contributed by atoms with Crippen LogP contribution >= 0.6 is 12.6 Å². The lowest BCUT2D eigenvalue weighted by Gasteiger charge is -2.47. The van der Waals surface area contributed by atoms with Crippen molar-refractivity contribution in [2.75, 3.05) is 19.0 Å². The molecule has 0 aromatic rings. The van der Waals surface area contributed by atoms with Gasteiger partial charge in [-0.1, -0.05) is 0 Å². The first-order valence-electron chi connectivity index (χ1n) is 3.48. The molecular formula is C6H12N2S. The van der Waals surface area contributed by atoms with E-state index in [1.165, 1.54) is 19.5 Å². The zero-order valence-corrected chi connectivity index (χ0v) is 6.27. The van der Waals surface area contributed by atoms with Crippen LogP contribution in [0.2, 0.25) is 0 Å². The molecule has 2 unspecified atom stereocenters. The van der Waals surface area contributed by atoms with Crippen LogP contribution < -0.4 is 5.32 Å². The lowest BCUT2D eigenvalue weighted by Crippen LogP contribution is -2.66. The van der Waals surface area contributed by atoms with Crippen LogP contribution in [-0.2, 0) is 0 Å². The van der Waals surface area contributed by atoms with Crippen molar-refractivity contribution >= 4 is 12.6 Å². The highest BCUT2D eigenvalue weighted by Gasteiger charge is 2.35. The highest BCUT2D eigenvalue weighted by molar-refractivity contribution is 7.80. The van der Waals surface area contributed by atoms with Gasteiger partial charge >= 0.3 is 0 Å². The standard InChI is InChI=1S/C6H12N2S/c9-4-8-2-5-1-6(3-8)7-5/h5-7,9H,1-4H2. The van der Waals surface area contributed by atoms with Crippen LogP contribution in [0.3, 0.4) is 0 Å². The fourth-order valence-electron chi connectivity index (χ4n) is 1.72. The summed E-state index contributed by atoms with van der Waals surface area (Å²) in [6, 6.07) is 1.58. The quantitative estimate of drug-likeness (QED) is 0.500. The summed E-state index contributed by atoms with van der Waals surface area (Å²) < 4.78 is 0. The Labute approximate surface area is 61.0 Å². The van der Waals surface area contributed by atoms with Crippen molar-refractivity contribution in [3.05, 3.63) is 0 Å². The summed E-state index contributed by atoms with van der Waals surface area (Å²) >= 11 is 4.22. The summed E-state index contributed by atoms with van der Waals surface area (Å²) in [5, 5.41) is 3.47. The van der Waals surface area contributed by atoms with Gasteiger partial charge in [0.05, 0.1) is 0 Å². The molecule has 3 aliphatic heterocycles. The fourth-order valence-corrected chi connectivity index (χ4v) is 1.95. The maximum Gasteiger partial charge on any atom is 0.0415 e. The van der Waals surface area contributed by atoms with Gasteiger partial charge in [0, 0.05) is 31.0 Å². The first-order chi connectivity index (χ1) is 4.38. The van der Waals surface area contributed by atoms with Gasteiger partial charge < -0.3 is 5.32 Å². The Bertz CT molecular complexity index is 102. The number of nitrogens with zero attached hydrogens (tertiary/aromatic N) is 1. The summed E-state index contributed by atoms with van der Waals surface area (Å²) in [5.41, 5.74) is 0. The van der Waals surface area contributed by atoms with E-state index in [2.05, 4.69) is 22.8 Å². The molecule has 0 amide bonds. The van der Waals surface area contributed by atoms with Crippen molar-refractivity contribution in [2.45, 2.75) is 18.5 Å². The number of piperazine rings is 1. The first-order valence-corrected chi connectivity index (χ1v) is 4.11. The number of thiol groups is 1. The van der Waals surface area contributed by atoms with Crippen LogP contribution in [0.15, 0.2) is 0 Å². The van der Waals surface area contributed by atoms with Crippen LogP contribution in [0.4, 0.5) is 0 Å². The molecule has 0 spiro atoms. The second kappa shape index (κ2) is 2.15. The molecule has 0 aromatic carbocycles. The number of hydrogen-bond donors (Lipinski definition) is 2. The largest absolute Gasteiger partial charge is 0.309 e. The fraction of sp³-hybridized carbons (Fsp3) is 1.00. The van der Waals surface area contributed by atoms with Crippen molar-refractivity contribution in [1.29, 1.82) is 0 Å². The lowest BCUT2D eigenvalue weighted by molar-refractivity contribution is 0.0939. The molecule has 3 heterocycles. The zero-order chi connectivity index (χ0) is 6.27. The Hall–Kier alpha value is 0.270. The summed E-state index contributed by atoms with van der Waals surface area (Å²) in [4.78, 5) is 2.39. The second-order valence-electron chi connectivity index (χ2n) is 2.97. The molecule has 3 heteroatoms. The minimum Gasteiger partial charge on any atom is -0.309 e. The molecule has 2 atom stereocenters. The Morgan fingerprint density at radius 3 is 2.33 bits per heavy atom. The van der Waals surface area contributed by atoms with Gasteiger partial charge in [-0.05, 0) is 6.42 Å². The van der Waals surface area contributed by atoms with E-state index in [9.17, 15) is 0 Å². The number of nitrogens with one attached hydrogen (secondary N) is 1. The molecule has 3 saturated heterocycles. The van der Waals surface area contributed by atoms with Gasteiger partial charge in [0.25, 0.3) is 0 Å². The molecule has 2 bridgehead atoms. The van der Waals surface area contributed by atoms with Crippen LogP contribution in [0.5, 0.6) is 0 Å². The topological polar surface area (TPSA) is 15.3 Å². The summed E-state index contributed by atoms with van der Waals surface area (Å²) in [7, 11) is 0. The molecular weight excluding hydrogens is 132 g/mol. The Kier molecular flexibility index (Phi) is 1.43. The molecule has 0 saturated carbocycles. The van der Waals surface area contributed by atoms with Crippen molar-refractivity contribution in [1.82, 2.24) is 10.2 Å². The van der Waals surface area contributed by atoms with Gasteiger partial charge in [-0.2, -0.15) is 12.6 Å². The smallest absolute Gasteiger partial charge is 0.0415 e. The van der Waals surface area contributed by atoms with Gasteiger partial charge in [-0.3, -0.25) is 4.90 Å². The van der Waals surface area contributed by atoms with E-state index in [0.29, 0.717) is 0 Å². The molecule has 0 aromatic heterocycles. The number of piperidine rings is 1. The van der Waals surface area contributed by atoms with Crippen molar-refractivity contribution in [3.63, 3.8) is 0 Å². The maximum absolute atomic E-state index is 4.22. The monoisotopic (exact) mass is 144 g/mol. The van der Waals surface area contributed by atoms with Gasteiger partial charge in [-0.15, -0.1) is 0 Å². The number of rotatable bonds is 1. The van der Waals surface area contributed by atoms with Crippen molar-refractivity contribution in [2.24, 2.45) is 0 Å². The Morgan fingerprint density at radius 2 is 2.00 bits per heavy atom. The van der Waals surface area contributed by atoms with E-state index in [0.717, 1.165) is 18.0 Å². The van der Waals surface area contributed by atoms with Crippen LogP contribution in [0.1, 0.15) is 6.42 Å².